The Hall–Kier alpha value is -2.14. The van der Waals surface area contributed by atoms with E-state index in [1.165, 1.54) is 0 Å². The number of aryl methyl sites for hydroxylation is 1. The number of hydrogen-bond donors (Lipinski definition) is 1. The van der Waals surface area contributed by atoms with Gasteiger partial charge in [-0.1, -0.05) is 51.4 Å². The normalized spacial score (nSPS) is 10.6. The van der Waals surface area contributed by atoms with Crippen molar-refractivity contribution in [2.75, 3.05) is 11.9 Å². The molecule has 2 rings (SSSR count). The smallest absolute Gasteiger partial charge is 0.265 e. The summed E-state index contributed by atoms with van der Waals surface area (Å²) in [5, 5.41) is 6.53. The zero-order chi connectivity index (χ0) is 15.1. The average Bonchev–Trinajstić information content (AvgIpc) is 2.45. The second-order valence-corrected chi connectivity index (χ2v) is 5.34. The van der Waals surface area contributed by atoms with Crippen LogP contribution in [0.2, 0.25) is 0 Å². The molecule has 0 aliphatic rings. The molecule has 0 fully saturated rings. The van der Waals surface area contributed by atoms with Crippen LogP contribution in [0, 0.1) is 6.92 Å². The molecule has 0 aliphatic carbocycles. The quantitative estimate of drug-likeness (QED) is 0.662. The summed E-state index contributed by atoms with van der Waals surface area (Å²) in [4.78, 5) is 16.7. The monoisotopic (exact) mass is 346 g/mol. The Bertz CT molecular complexity index is 656. The first-order chi connectivity index (χ1) is 10.1. The van der Waals surface area contributed by atoms with Crippen LogP contribution in [0.4, 0.5) is 5.69 Å². The Morgan fingerprint density at radius 3 is 2.86 bits per heavy atom. The number of rotatable bonds is 5. The van der Waals surface area contributed by atoms with Crippen LogP contribution < -0.4 is 5.32 Å². The molecule has 108 valence electrons. The summed E-state index contributed by atoms with van der Waals surface area (Å²) in [7, 11) is 0. The fourth-order valence-corrected chi connectivity index (χ4v) is 2.08. The number of benzene rings is 2. The molecule has 5 heteroatoms. The second kappa shape index (κ2) is 7.59. The summed E-state index contributed by atoms with van der Waals surface area (Å²) in [5.41, 5.74) is 2.77. The number of anilines is 1. The summed E-state index contributed by atoms with van der Waals surface area (Å²) in [5.74, 6) is -0.255. The lowest BCUT2D eigenvalue weighted by Crippen LogP contribution is -2.16. The Labute approximate surface area is 131 Å². The van der Waals surface area contributed by atoms with Gasteiger partial charge in [0.1, 0.15) is 0 Å². The number of halogens is 1. The van der Waals surface area contributed by atoms with Crippen molar-refractivity contribution >= 4 is 33.7 Å². The molecule has 0 heterocycles. The predicted molar refractivity (Wildman–Crippen MR) is 87.5 cm³/mol. The molecule has 21 heavy (non-hydrogen) atoms. The number of carbonyl (C=O) groups excluding carboxylic acids is 1. The Morgan fingerprint density at radius 1 is 1.29 bits per heavy atom. The molecule has 0 saturated carbocycles. The van der Waals surface area contributed by atoms with Gasteiger partial charge in [-0.05, 0) is 36.2 Å². The fourth-order valence-electron chi connectivity index (χ4n) is 1.68. The maximum Gasteiger partial charge on any atom is 0.265 e. The molecule has 0 radical (unpaired) electrons. The topological polar surface area (TPSA) is 50.7 Å². The van der Waals surface area contributed by atoms with E-state index in [0.717, 1.165) is 15.6 Å². The molecule has 0 bridgehead atoms. The van der Waals surface area contributed by atoms with Gasteiger partial charge in [0.15, 0.2) is 6.61 Å². The van der Waals surface area contributed by atoms with Crippen molar-refractivity contribution < 1.29 is 9.63 Å². The van der Waals surface area contributed by atoms with E-state index in [0.29, 0.717) is 5.69 Å². The molecule has 0 atom stereocenters. The average molecular weight is 347 g/mol. The number of carbonyl (C=O) groups is 1. The van der Waals surface area contributed by atoms with Gasteiger partial charge in [0.25, 0.3) is 5.91 Å². The Balaban J connectivity index is 1.81. The first-order valence-corrected chi connectivity index (χ1v) is 7.21. The highest BCUT2D eigenvalue weighted by molar-refractivity contribution is 9.10. The van der Waals surface area contributed by atoms with Gasteiger partial charge in [-0.25, -0.2) is 0 Å². The summed E-state index contributed by atoms with van der Waals surface area (Å²) < 4.78 is 0.902. The third-order valence-electron chi connectivity index (χ3n) is 2.76. The largest absolute Gasteiger partial charge is 0.386 e. The highest BCUT2D eigenvalue weighted by atomic mass is 79.9. The Morgan fingerprint density at radius 2 is 2.10 bits per heavy atom. The molecule has 1 N–H and O–H groups in total. The lowest BCUT2D eigenvalue weighted by atomic mass is 10.1. The molecule has 0 unspecified atom stereocenters. The standard InChI is InChI=1S/C16H15BrN2O2/c1-12-5-2-3-6-13(12)10-18-21-11-16(20)19-15-8-4-7-14(17)9-15/h2-10H,11H2,1H3,(H,19,20)/b18-10+. The van der Waals surface area contributed by atoms with Crippen LogP contribution >= 0.6 is 15.9 Å². The minimum absolute atomic E-state index is 0.130. The van der Waals surface area contributed by atoms with Crippen molar-refractivity contribution in [3.8, 4) is 0 Å². The molecule has 2 aromatic rings. The zero-order valence-corrected chi connectivity index (χ0v) is 13.1. The molecule has 0 aliphatic heterocycles. The molecule has 1 amide bonds. The molecule has 0 aromatic heterocycles. The first-order valence-electron chi connectivity index (χ1n) is 6.41. The fraction of sp³-hybridized carbons (Fsp3) is 0.125. The van der Waals surface area contributed by atoms with Crippen LogP contribution in [0.25, 0.3) is 0 Å². The molecule has 4 nitrogen and oxygen atoms in total. The van der Waals surface area contributed by atoms with Gasteiger partial charge in [0, 0.05) is 10.2 Å². The highest BCUT2D eigenvalue weighted by Crippen LogP contribution is 2.15. The van der Waals surface area contributed by atoms with Gasteiger partial charge in [0.05, 0.1) is 6.21 Å². The van der Waals surface area contributed by atoms with Crippen molar-refractivity contribution in [1.29, 1.82) is 0 Å². The first kappa shape index (κ1) is 15.3. The second-order valence-electron chi connectivity index (χ2n) is 4.42. The third kappa shape index (κ3) is 5.04. The SMILES string of the molecule is Cc1ccccc1/C=N/OCC(=O)Nc1cccc(Br)c1. The van der Waals surface area contributed by atoms with Crippen LogP contribution in [-0.4, -0.2) is 18.7 Å². The number of hydrogen-bond acceptors (Lipinski definition) is 3. The number of nitrogens with zero attached hydrogens (tertiary/aromatic N) is 1. The predicted octanol–water partition coefficient (Wildman–Crippen LogP) is 3.75. The van der Waals surface area contributed by atoms with Gasteiger partial charge >= 0.3 is 0 Å². The summed E-state index contributed by atoms with van der Waals surface area (Å²) in [6.07, 6.45) is 1.60. The van der Waals surface area contributed by atoms with Crippen LogP contribution in [0.15, 0.2) is 58.2 Å². The van der Waals surface area contributed by atoms with Crippen LogP contribution in [0.5, 0.6) is 0 Å². The van der Waals surface area contributed by atoms with Crippen molar-refractivity contribution in [3.05, 3.63) is 64.1 Å². The molecular formula is C16H15BrN2O2. The summed E-state index contributed by atoms with van der Waals surface area (Å²) in [6.45, 7) is 1.86. The van der Waals surface area contributed by atoms with E-state index < -0.39 is 0 Å². The van der Waals surface area contributed by atoms with Gasteiger partial charge in [0.2, 0.25) is 0 Å². The van der Waals surface area contributed by atoms with Crippen LogP contribution in [0.3, 0.4) is 0 Å². The van der Waals surface area contributed by atoms with Crippen molar-refractivity contribution in [2.45, 2.75) is 6.92 Å². The van der Waals surface area contributed by atoms with E-state index in [4.69, 9.17) is 4.84 Å². The van der Waals surface area contributed by atoms with E-state index in [1.807, 2.05) is 49.4 Å². The van der Waals surface area contributed by atoms with E-state index in [9.17, 15) is 4.79 Å². The highest BCUT2D eigenvalue weighted by Gasteiger charge is 2.02. The molecule has 0 saturated heterocycles. The van der Waals surface area contributed by atoms with E-state index in [-0.39, 0.29) is 12.5 Å². The van der Waals surface area contributed by atoms with Gasteiger partial charge in [-0.3, -0.25) is 4.79 Å². The van der Waals surface area contributed by atoms with Gasteiger partial charge in [-0.15, -0.1) is 0 Å². The molecule has 2 aromatic carbocycles. The van der Waals surface area contributed by atoms with E-state index >= 15 is 0 Å². The molecular weight excluding hydrogens is 332 g/mol. The summed E-state index contributed by atoms with van der Waals surface area (Å²) >= 11 is 3.34. The zero-order valence-electron chi connectivity index (χ0n) is 11.5. The number of oxime groups is 1. The lowest BCUT2D eigenvalue weighted by Gasteiger charge is -2.04. The lowest BCUT2D eigenvalue weighted by molar-refractivity contribution is -0.120. The van der Waals surface area contributed by atoms with Crippen molar-refractivity contribution in [2.24, 2.45) is 5.16 Å². The van der Waals surface area contributed by atoms with Crippen LogP contribution in [-0.2, 0) is 9.63 Å². The van der Waals surface area contributed by atoms with E-state index in [1.54, 1.807) is 12.3 Å². The van der Waals surface area contributed by atoms with Crippen LogP contribution in [0.1, 0.15) is 11.1 Å². The Kier molecular flexibility index (Phi) is 5.51. The van der Waals surface area contributed by atoms with Gasteiger partial charge < -0.3 is 10.2 Å². The summed E-state index contributed by atoms with van der Waals surface area (Å²) in [6, 6.07) is 15.2. The van der Waals surface area contributed by atoms with Gasteiger partial charge in [-0.2, -0.15) is 0 Å². The van der Waals surface area contributed by atoms with Crippen molar-refractivity contribution in [1.82, 2.24) is 0 Å². The third-order valence-corrected chi connectivity index (χ3v) is 3.25. The molecule has 0 spiro atoms. The minimum atomic E-state index is -0.255. The number of amides is 1. The van der Waals surface area contributed by atoms with E-state index in [2.05, 4.69) is 26.4 Å². The maximum absolute atomic E-state index is 11.7. The van der Waals surface area contributed by atoms with Crippen molar-refractivity contribution in [3.63, 3.8) is 0 Å². The number of nitrogens with one attached hydrogen (secondary N) is 1. The minimum Gasteiger partial charge on any atom is -0.386 e. The maximum atomic E-state index is 11.7.